The third kappa shape index (κ3) is 8.76. The Bertz CT molecular complexity index is 360. The van der Waals surface area contributed by atoms with E-state index in [0.29, 0.717) is 5.75 Å². The molecule has 21 heavy (non-hydrogen) atoms. The molecule has 0 radical (unpaired) electrons. The Hall–Kier alpha value is -0.170. The molecule has 1 rings (SSSR count). The van der Waals surface area contributed by atoms with Crippen molar-refractivity contribution in [3.05, 3.63) is 0 Å². The van der Waals surface area contributed by atoms with Gasteiger partial charge in [0.1, 0.15) is 9.84 Å². The summed E-state index contributed by atoms with van der Waals surface area (Å²) in [6.07, 6.45) is 5.56. The zero-order valence-electron chi connectivity index (χ0n) is 13.6. The summed E-state index contributed by atoms with van der Waals surface area (Å²) in [6.45, 7) is 9.08. The van der Waals surface area contributed by atoms with E-state index in [-0.39, 0.29) is 5.75 Å². The van der Waals surface area contributed by atoms with Crippen LogP contribution in [0.1, 0.15) is 39.0 Å². The number of nitrogens with two attached hydrogens (primary N) is 1. The molecule has 0 saturated carbocycles. The van der Waals surface area contributed by atoms with E-state index >= 15 is 0 Å². The van der Waals surface area contributed by atoms with Gasteiger partial charge in [0, 0.05) is 18.8 Å². The normalized spacial score (nSPS) is 18.8. The largest absolute Gasteiger partial charge is 0.330 e. The quantitative estimate of drug-likeness (QED) is 0.607. The maximum Gasteiger partial charge on any atom is 0.150 e. The van der Waals surface area contributed by atoms with Gasteiger partial charge in [-0.1, -0.05) is 13.3 Å². The number of rotatable bonds is 10. The molecule has 0 aromatic rings. The molecule has 0 bridgehead atoms. The molecule has 0 unspecified atom stereocenters. The molecule has 1 heterocycles. The first kappa shape index (κ1) is 18.9. The fourth-order valence-electron chi connectivity index (χ4n) is 2.78. The van der Waals surface area contributed by atoms with Gasteiger partial charge < -0.3 is 15.5 Å². The van der Waals surface area contributed by atoms with E-state index in [0.717, 1.165) is 45.6 Å². The smallest absolute Gasteiger partial charge is 0.150 e. The van der Waals surface area contributed by atoms with Gasteiger partial charge in [0.05, 0.1) is 5.75 Å². The van der Waals surface area contributed by atoms with Crippen LogP contribution in [0.25, 0.3) is 0 Å². The zero-order valence-corrected chi connectivity index (χ0v) is 14.4. The highest BCUT2D eigenvalue weighted by Gasteiger charge is 2.15. The Morgan fingerprint density at radius 3 is 2.10 bits per heavy atom. The van der Waals surface area contributed by atoms with Gasteiger partial charge in [0.25, 0.3) is 0 Å². The third-order valence-electron chi connectivity index (χ3n) is 4.23. The van der Waals surface area contributed by atoms with Crippen molar-refractivity contribution in [1.82, 2.24) is 9.80 Å². The Kier molecular flexibility index (Phi) is 9.47. The molecule has 0 aliphatic carbocycles. The van der Waals surface area contributed by atoms with Gasteiger partial charge in [0.15, 0.2) is 0 Å². The predicted octanol–water partition coefficient (Wildman–Crippen LogP) is 0.948. The van der Waals surface area contributed by atoms with E-state index in [1.807, 2.05) is 0 Å². The molecule has 2 N–H and O–H groups in total. The van der Waals surface area contributed by atoms with Crippen molar-refractivity contribution >= 4 is 9.84 Å². The summed E-state index contributed by atoms with van der Waals surface area (Å²) in [5.41, 5.74) is 5.51. The summed E-state index contributed by atoms with van der Waals surface area (Å²) < 4.78 is 23.0. The highest BCUT2D eigenvalue weighted by atomic mass is 32.2. The first-order valence-corrected chi connectivity index (χ1v) is 10.2. The van der Waals surface area contributed by atoms with Crippen molar-refractivity contribution in [1.29, 1.82) is 0 Å². The second kappa shape index (κ2) is 10.5. The van der Waals surface area contributed by atoms with Crippen molar-refractivity contribution in [3.63, 3.8) is 0 Å². The Balaban J connectivity index is 2.17. The highest BCUT2D eigenvalue weighted by Crippen LogP contribution is 2.06. The van der Waals surface area contributed by atoms with Gasteiger partial charge in [-0.2, -0.15) is 0 Å². The van der Waals surface area contributed by atoms with Crippen molar-refractivity contribution in [3.8, 4) is 0 Å². The minimum Gasteiger partial charge on any atom is -0.330 e. The minimum absolute atomic E-state index is 0.267. The van der Waals surface area contributed by atoms with Crippen LogP contribution in [0.15, 0.2) is 0 Å². The van der Waals surface area contributed by atoms with E-state index in [2.05, 4.69) is 9.80 Å². The van der Waals surface area contributed by atoms with E-state index in [9.17, 15) is 8.42 Å². The number of hydrogen-bond donors (Lipinski definition) is 1. The first-order valence-electron chi connectivity index (χ1n) is 8.42. The lowest BCUT2D eigenvalue weighted by Crippen LogP contribution is -2.32. The van der Waals surface area contributed by atoms with Crippen LogP contribution >= 0.6 is 0 Å². The van der Waals surface area contributed by atoms with Gasteiger partial charge >= 0.3 is 0 Å². The van der Waals surface area contributed by atoms with Crippen molar-refractivity contribution in [2.45, 2.75) is 39.0 Å². The van der Waals surface area contributed by atoms with Crippen molar-refractivity contribution < 1.29 is 8.42 Å². The monoisotopic (exact) mass is 319 g/mol. The Labute approximate surface area is 130 Å². The highest BCUT2D eigenvalue weighted by molar-refractivity contribution is 7.91. The van der Waals surface area contributed by atoms with E-state index in [1.165, 1.54) is 32.4 Å². The van der Waals surface area contributed by atoms with Crippen LogP contribution in [-0.2, 0) is 9.84 Å². The Morgan fingerprint density at radius 2 is 1.52 bits per heavy atom. The molecular weight excluding hydrogens is 286 g/mol. The van der Waals surface area contributed by atoms with Crippen LogP contribution in [-0.4, -0.2) is 75.5 Å². The van der Waals surface area contributed by atoms with Crippen LogP contribution in [0, 0.1) is 0 Å². The van der Waals surface area contributed by atoms with Crippen LogP contribution in [0.3, 0.4) is 0 Å². The lowest BCUT2D eigenvalue weighted by Gasteiger charge is -2.21. The third-order valence-corrected chi connectivity index (χ3v) is 6.02. The zero-order chi connectivity index (χ0) is 15.6. The van der Waals surface area contributed by atoms with Gasteiger partial charge in [-0.3, -0.25) is 0 Å². The van der Waals surface area contributed by atoms with E-state index in [4.69, 9.17) is 5.73 Å². The summed E-state index contributed by atoms with van der Waals surface area (Å²) in [5, 5.41) is 0. The molecule has 126 valence electrons. The maximum atomic E-state index is 11.5. The first-order chi connectivity index (χ1) is 10.1. The summed E-state index contributed by atoms with van der Waals surface area (Å²) >= 11 is 0. The van der Waals surface area contributed by atoms with Crippen molar-refractivity contribution in [2.75, 3.05) is 57.3 Å². The van der Waals surface area contributed by atoms with Gasteiger partial charge in [-0.15, -0.1) is 0 Å². The summed E-state index contributed by atoms with van der Waals surface area (Å²) in [5.74, 6) is 0.604. The van der Waals surface area contributed by atoms with E-state index < -0.39 is 9.84 Å². The molecule has 6 heteroatoms. The molecule has 0 amide bonds. The number of unbranched alkanes of at least 4 members (excludes halogenated alkanes) is 2. The molecule has 0 atom stereocenters. The average molecular weight is 320 g/mol. The van der Waals surface area contributed by atoms with Crippen LogP contribution in [0.4, 0.5) is 0 Å². The van der Waals surface area contributed by atoms with Crippen molar-refractivity contribution in [2.24, 2.45) is 5.73 Å². The SMILES string of the molecule is CCS(=O)(=O)CCCN1CCCN(CCCCCN)CC1. The lowest BCUT2D eigenvalue weighted by atomic mass is 10.2. The standard InChI is InChI=1S/C15H33N3O2S/c1-2-21(19,20)15-7-12-18-11-6-10-17(13-14-18)9-5-3-4-8-16/h2-16H2,1H3. The second-order valence-electron chi connectivity index (χ2n) is 5.98. The molecular formula is C15H33N3O2S. The molecule has 1 saturated heterocycles. The van der Waals surface area contributed by atoms with Gasteiger partial charge in [0.2, 0.25) is 0 Å². The average Bonchev–Trinajstić information content (AvgIpc) is 2.69. The summed E-state index contributed by atoms with van der Waals surface area (Å²) in [4.78, 5) is 4.96. The fourth-order valence-corrected chi connectivity index (χ4v) is 3.64. The molecule has 0 spiro atoms. The van der Waals surface area contributed by atoms with E-state index in [1.54, 1.807) is 6.92 Å². The summed E-state index contributed by atoms with van der Waals surface area (Å²) in [6, 6.07) is 0. The maximum absolute atomic E-state index is 11.5. The lowest BCUT2D eigenvalue weighted by molar-refractivity contribution is 0.253. The predicted molar refractivity (Wildman–Crippen MR) is 89.3 cm³/mol. The van der Waals surface area contributed by atoms with Gasteiger partial charge in [-0.05, 0) is 58.4 Å². The molecule has 0 aromatic heterocycles. The van der Waals surface area contributed by atoms with Crippen LogP contribution < -0.4 is 5.73 Å². The fraction of sp³-hybridized carbons (Fsp3) is 1.00. The molecule has 0 aromatic carbocycles. The molecule has 1 aliphatic heterocycles. The topological polar surface area (TPSA) is 66.6 Å². The second-order valence-corrected chi connectivity index (χ2v) is 8.45. The number of nitrogens with zero attached hydrogens (tertiary/aromatic N) is 2. The van der Waals surface area contributed by atoms with Crippen LogP contribution in [0.5, 0.6) is 0 Å². The van der Waals surface area contributed by atoms with Gasteiger partial charge in [-0.25, -0.2) is 8.42 Å². The number of sulfone groups is 1. The van der Waals surface area contributed by atoms with Crippen LogP contribution in [0.2, 0.25) is 0 Å². The molecule has 1 fully saturated rings. The molecule has 1 aliphatic rings. The number of hydrogen-bond acceptors (Lipinski definition) is 5. The minimum atomic E-state index is -2.80. The molecule has 5 nitrogen and oxygen atoms in total. The Morgan fingerprint density at radius 1 is 0.905 bits per heavy atom. The summed E-state index contributed by atoms with van der Waals surface area (Å²) in [7, 11) is -2.80.